The third kappa shape index (κ3) is 4.44. The Balaban J connectivity index is 2.53. The normalized spacial score (nSPS) is 11.4. The Morgan fingerprint density at radius 1 is 1.50 bits per heavy atom. The van der Waals surface area contributed by atoms with Crippen LogP contribution in [0.4, 0.5) is 5.69 Å². The summed E-state index contributed by atoms with van der Waals surface area (Å²) >= 11 is 0. The van der Waals surface area contributed by atoms with Gasteiger partial charge in [0.05, 0.1) is 6.04 Å². The highest BCUT2D eigenvalue weighted by Crippen LogP contribution is 2.15. The zero-order valence-corrected chi connectivity index (χ0v) is 10.3. The maximum Gasteiger partial charge on any atom is 0.241 e. The van der Waals surface area contributed by atoms with Gasteiger partial charge in [0.2, 0.25) is 5.91 Å². The summed E-state index contributed by atoms with van der Waals surface area (Å²) in [5.41, 5.74) is 6.36. The number of ether oxygens (including phenoxy) is 1. The number of amides is 1. The molecule has 0 radical (unpaired) electrons. The zero-order valence-electron chi connectivity index (χ0n) is 10.3. The van der Waals surface area contributed by atoms with Crippen molar-refractivity contribution in [3.05, 3.63) is 24.3 Å². The van der Waals surface area contributed by atoms with Crippen LogP contribution in [0.15, 0.2) is 24.3 Å². The fourth-order valence-corrected chi connectivity index (χ4v) is 1.43. The van der Waals surface area contributed by atoms with E-state index in [0.717, 1.165) is 6.42 Å². The number of rotatable bonds is 6. The molecule has 96 valence electrons. The fourth-order valence-electron chi connectivity index (χ4n) is 1.43. The van der Waals surface area contributed by atoms with Crippen molar-refractivity contribution in [1.29, 1.82) is 5.26 Å². The quantitative estimate of drug-likeness (QED) is 0.800. The lowest BCUT2D eigenvalue weighted by Gasteiger charge is -2.11. The smallest absolute Gasteiger partial charge is 0.241 e. The molecular weight excluding hydrogens is 230 g/mol. The van der Waals surface area contributed by atoms with Crippen LogP contribution in [0, 0.1) is 11.3 Å². The molecule has 1 aromatic carbocycles. The van der Waals surface area contributed by atoms with Gasteiger partial charge in [-0.1, -0.05) is 13.3 Å². The Bertz CT molecular complexity index is 423. The Morgan fingerprint density at radius 2 is 2.17 bits per heavy atom. The lowest BCUT2D eigenvalue weighted by Crippen LogP contribution is -2.35. The summed E-state index contributed by atoms with van der Waals surface area (Å²) in [4.78, 5) is 11.6. The first-order valence-electron chi connectivity index (χ1n) is 5.83. The highest BCUT2D eigenvalue weighted by atomic mass is 16.5. The van der Waals surface area contributed by atoms with Crippen LogP contribution >= 0.6 is 0 Å². The molecule has 1 atom stereocenters. The summed E-state index contributed by atoms with van der Waals surface area (Å²) < 4.78 is 5.10. The predicted octanol–water partition coefficient (Wildman–Crippen LogP) is 1.65. The molecule has 3 N–H and O–H groups in total. The van der Waals surface area contributed by atoms with Gasteiger partial charge < -0.3 is 15.8 Å². The van der Waals surface area contributed by atoms with Crippen LogP contribution in [0.1, 0.15) is 19.8 Å². The van der Waals surface area contributed by atoms with Crippen LogP contribution in [0.2, 0.25) is 0 Å². The molecule has 5 heteroatoms. The number of hydrogen-bond donors (Lipinski definition) is 2. The number of nitrogens with one attached hydrogen (secondary N) is 1. The summed E-state index contributed by atoms with van der Waals surface area (Å²) in [6.45, 7) is 1.99. The molecule has 0 heterocycles. The van der Waals surface area contributed by atoms with E-state index in [1.807, 2.05) is 13.0 Å². The van der Waals surface area contributed by atoms with Crippen molar-refractivity contribution in [3.8, 4) is 11.8 Å². The van der Waals surface area contributed by atoms with Crippen molar-refractivity contribution in [3.63, 3.8) is 0 Å². The van der Waals surface area contributed by atoms with Crippen molar-refractivity contribution in [2.75, 3.05) is 11.9 Å². The summed E-state index contributed by atoms with van der Waals surface area (Å²) in [6, 6.07) is 8.21. The van der Waals surface area contributed by atoms with E-state index >= 15 is 0 Å². The standard InChI is InChI=1S/C13H17N3O2/c1-2-3-12(15)13(17)16-10-4-6-11(7-5-10)18-9-8-14/h4-7,12H,2-3,9,15H2,1H3,(H,16,17)/t12-/m1/s1. The number of nitrogens with zero attached hydrogens (tertiary/aromatic N) is 1. The zero-order chi connectivity index (χ0) is 13.4. The summed E-state index contributed by atoms with van der Waals surface area (Å²) in [7, 11) is 0. The number of carbonyl (C=O) groups excluding carboxylic acids is 1. The maximum absolute atomic E-state index is 11.6. The lowest BCUT2D eigenvalue weighted by atomic mass is 10.1. The molecule has 0 fully saturated rings. The molecule has 1 rings (SSSR count). The second kappa shape index (κ2) is 7.30. The van der Waals surface area contributed by atoms with Gasteiger partial charge in [0.25, 0.3) is 0 Å². The van der Waals surface area contributed by atoms with Gasteiger partial charge in [0.15, 0.2) is 6.61 Å². The van der Waals surface area contributed by atoms with Gasteiger partial charge >= 0.3 is 0 Å². The molecule has 0 aliphatic carbocycles. The number of anilines is 1. The van der Waals surface area contributed by atoms with E-state index in [4.69, 9.17) is 15.7 Å². The molecule has 0 saturated heterocycles. The van der Waals surface area contributed by atoms with Crippen LogP contribution in [0.25, 0.3) is 0 Å². The van der Waals surface area contributed by atoms with E-state index in [1.165, 1.54) is 0 Å². The molecule has 0 aliphatic heterocycles. The molecule has 0 saturated carbocycles. The van der Waals surface area contributed by atoms with Crippen LogP contribution in [0.5, 0.6) is 5.75 Å². The van der Waals surface area contributed by atoms with Crippen molar-refractivity contribution >= 4 is 11.6 Å². The van der Waals surface area contributed by atoms with Gasteiger partial charge in [0.1, 0.15) is 11.8 Å². The second-order valence-corrected chi connectivity index (χ2v) is 3.86. The first kappa shape index (κ1) is 14.0. The Morgan fingerprint density at radius 3 is 2.72 bits per heavy atom. The average molecular weight is 247 g/mol. The van der Waals surface area contributed by atoms with E-state index in [-0.39, 0.29) is 12.5 Å². The third-order valence-corrected chi connectivity index (χ3v) is 2.36. The number of nitrogens with two attached hydrogens (primary N) is 1. The maximum atomic E-state index is 11.6. The molecular formula is C13H17N3O2. The minimum Gasteiger partial charge on any atom is -0.479 e. The lowest BCUT2D eigenvalue weighted by molar-refractivity contribution is -0.117. The van der Waals surface area contributed by atoms with Crippen LogP contribution < -0.4 is 15.8 Å². The largest absolute Gasteiger partial charge is 0.479 e. The molecule has 0 aromatic heterocycles. The summed E-state index contributed by atoms with van der Waals surface area (Å²) in [5, 5.41) is 11.1. The Kier molecular flexibility index (Phi) is 5.68. The van der Waals surface area contributed by atoms with Crippen LogP contribution in [-0.2, 0) is 4.79 Å². The topological polar surface area (TPSA) is 88.1 Å². The van der Waals surface area contributed by atoms with Gasteiger partial charge in [-0.3, -0.25) is 4.79 Å². The minimum absolute atomic E-state index is 0.00702. The number of benzene rings is 1. The highest BCUT2D eigenvalue weighted by Gasteiger charge is 2.11. The van der Waals surface area contributed by atoms with Crippen LogP contribution in [0.3, 0.4) is 0 Å². The molecule has 18 heavy (non-hydrogen) atoms. The molecule has 0 unspecified atom stereocenters. The minimum atomic E-state index is -0.482. The van der Waals surface area contributed by atoms with Gasteiger partial charge in [-0.05, 0) is 30.7 Å². The van der Waals surface area contributed by atoms with Crippen molar-refractivity contribution in [1.82, 2.24) is 0 Å². The van der Waals surface area contributed by atoms with Crippen molar-refractivity contribution in [2.24, 2.45) is 5.73 Å². The van der Waals surface area contributed by atoms with E-state index < -0.39 is 6.04 Å². The Labute approximate surface area is 107 Å². The number of carbonyl (C=O) groups is 1. The van der Waals surface area contributed by atoms with E-state index in [2.05, 4.69) is 5.32 Å². The summed E-state index contributed by atoms with van der Waals surface area (Å²) in [6.07, 6.45) is 1.53. The molecule has 1 amide bonds. The third-order valence-electron chi connectivity index (χ3n) is 2.36. The van der Waals surface area contributed by atoms with Crippen molar-refractivity contribution < 1.29 is 9.53 Å². The second-order valence-electron chi connectivity index (χ2n) is 3.86. The molecule has 5 nitrogen and oxygen atoms in total. The monoisotopic (exact) mass is 247 g/mol. The number of hydrogen-bond acceptors (Lipinski definition) is 4. The van der Waals surface area contributed by atoms with E-state index in [9.17, 15) is 4.79 Å². The highest BCUT2D eigenvalue weighted by molar-refractivity contribution is 5.94. The first-order valence-corrected chi connectivity index (χ1v) is 5.83. The van der Waals surface area contributed by atoms with E-state index in [1.54, 1.807) is 24.3 Å². The first-order chi connectivity index (χ1) is 8.67. The van der Waals surface area contributed by atoms with Gasteiger partial charge in [-0.15, -0.1) is 0 Å². The van der Waals surface area contributed by atoms with E-state index in [0.29, 0.717) is 17.9 Å². The Hall–Kier alpha value is -2.06. The van der Waals surface area contributed by atoms with Gasteiger partial charge in [0, 0.05) is 5.69 Å². The van der Waals surface area contributed by atoms with Crippen LogP contribution in [-0.4, -0.2) is 18.6 Å². The molecule has 1 aromatic rings. The van der Waals surface area contributed by atoms with Crippen molar-refractivity contribution in [2.45, 2.75) is 25.8 Å². The molecule has 0 spiro atoms. The number of nitriles is 1. The average Bonchev–Trinajstić information content (AvgIpc) is 2.38. The summed E-state index contributed by atoms with van der Waals surface area (Å²) in [5.74, 6) is 0.398. The predicted molar refractivity (Wildman–Crippen MR) is 69.1 cm³/mol. The van der Waals surface area contributed by atoms with Gasteiger partial charge in [-0.2, -0.15) is 5.26 Å². The van der Waals surface area contributed by atoms with Gasteiger partial charge in [-0.25, -0.2) is 0 Å². The SMILES string of the molecule is CCC[C@@H](N)C(=O)Nc1ccc(OCC#N)cc1. The molecule has 0 aliphatic rings. The molecule has 0 bridgehead atoms. The fraction of sp³-hybridized carbons (Fsp3) is 0.385.